The second kappa shape index (κ2) is 13.1. The molecule has 10 heteroatoms. The average Bonchev–Trinajstić information content (AvgIpc) is 3.64. The molecule has 0 unspecified atom stereocenters. The van der Waals surface area contributed by atoms with Gasteiger partial charge in [0.1, 0.15) is 0 Å². The maximum absolute atomic E-state index is 13.3. The smallest absolute Gasteiger partial charge is 0.268 e. The number of thiophene rings is 1. The fraction of sp³-hybridized carbons (Fsp3) is 0.194. The first-order valence-electron chi connectivity index (χ1n) is 13.2. The van der Waals surface area contributed by atoms with E-state index in [1.54, 1.807) is 35.8 Å². The third kappa shape index (κ3) is 6.52. The Bertz CT molecular complexity index is 1650. The molecule has 5 rings (SSSR count). The van der Waals surface area contributed by atoms with Gasteiger partial charge in [-0.15, -0.1) is 23.1 Å². The van der Waals surface area contributed by atoms with Crippen molar-refractivity contribution < 1.29 is 14.3 Å². The Labute approximate surface area is 247 Å². The van der Waals surface area contributed by atoms with E-state index in [4.69, 9.17) is 15.5 Å². The minimum atomic E-state index is -0.228. The van der Waals surface area contributed by atoms with Gasteiger partial charge in [-0.3, -0.25) is 14.9 Å². The number of benzene rings is 3. The number of aryl methyl sites for hydroxylation is 1. The lowest BCUT2D eigenvalue weighted by Gasteiger charge is -2.17. The number of hydrogen-bond donors (Lipinski definition) is 2. The summed E-state index contributed by atoms with van der Waals surface area (Å²) < 4.78 is 7.29. The van der Waals surface area contributed by atoms with Gasteiger partial charge in [0.2, 0.25) is 5.95 Å². The summed E-state index contributed by atoms with van der Waals surface area (Å²) in [7, 11) is 1.74. The van der Waals surface area contributed by atoms with Gasteiger partial charge in [-0.1, -0.05) is 30.3 Å². The Kier molecular flexibility index (Phi) is 9.15. The van der Waals surface area contributed by atoms with Crippen molar-refractivity contribution in [2.24, 2.45) is 5.73 Å². The molecule has 0 aliphatic heterocycles. The molecule has 2 amide bonds. The number of anilines is 2. The van der Waals surface area contributed by atoms with Crippen LogP contribution in [0, 0.1) is 0 Å². The van der Waals surface area contributed by atoms with E-state index in [2.05, 4.69) is 29.6 Å². The van der Waals surface area contributed by atoms with Crippen LogP contribution in [0.4, 0.5) is 11.6 Å². The number of nitrogens with zero attached hydrogens (tertiary/aromatic N) is 3. The number of fused-ring (bicyclic) bond motifs is 1. The van der Waals surface area contributed by atoms with E-state index in [0.29, 0.717) is 47.2 Å². The van der Waals surface area contributed by atoms with Gasteiger partial charge in [-0.2, -0.15) is 0 Å². The molecule has 5 aromatic rings. The zero-order valence-electron chi connectivity index (χ0n) is 22.9. The van der Waals surface area contributed by atoms with Gasteiger partial charge >= 0.3 is 0 Å². The second-order valence-corrected chi connectivity index (χ2v) is 11.2. The third-order valence-corrected chi connectivity index (χ3v) is 8.54. The SMILES string of the molecule is CSc1ccc(-c2ccc(C(=O)Nc3nc4cc(N(C)C(=O)c5ccccc5)ccc4n3CCCOCN)s2)cc1. The summed E-state index contributed by atoms with van der Waals surface area (Å²) in [6, 6.07) is 26.9. The number of thioether (sulfide) groups is 1. The molecule has 0 saturated carbocycles. The molecule has 2 heterocycles. The van der Waals surface area contributed by atoms with Crippen molar-refractivity contribution in [3.05, 3.63) is 95.4 Å². The number of ether oxygens (including phenoxy) is 1. The minimum absolute atomic E-state index is 0.117. The Morgan fingerprint density at radius 2 is 1.83 bits per heavy atom. The Hall–Kier alpha value is -3.96. The molecular formula is C31H31N5O3S2. The molecule has 0 radical (unpaired) electrons. The maximum Gasteiger partial charge on any atom is 0.268 e. The number of hydrogen-bond acceptors (Lipinski definition) is 7. The fourth-order valence-corrected chi connectivity index (χ4v) is 5.80. The average molecular weight is 586 g/mol. The molecule has 0 fully saturated rings. The number of carbonyl (C=O) groups is 2. The highest BCUT2D eigenvalue weighted by Gasteiger charge is 2.19. The number of nitrogens with two attached hydrogens (primary N) is 1. The normalized spacial score (nSPS) is 11.1. The lowest BCUT2D eigenvalue weighted by molar-refractivity contribution is 0.0991. The van der Waals surface area contributed by atoms with E-state index in [9.17, 15) is 9.59 Å². The van der Waals surface area contributed by atoms with Crippen LogP contribution in [0.5, 0.6) is 0 Å². The molecule has 41 heavy (non-hydrogen) atoms. The summed E-state index contributed by atoms with van der Waals surface area (Å²) in [4.78, 5) is 35.5. The zero-order chi connectivity index (χ0) is 28.8. The standard InChI is InChI=1S/C31H31N5O3S2/c1-35(30(38)22-7-4-3-5-8-22)23-11-14-26-25(19-23)33-31(36(26)17-6-18-39-20-32)34-29(37)28-16-15-27(41-28)21-9-12-24(40-2)13-10-21/h3-5,7-16,19H,6,17-18,20,32H2,1-2H3,(H,33,34,37). The fourth-order valence-electron chi connectivity index (χ4n) is 4.48. The molecule has 3 N–H and O–H groups in total. The number of nitrogens with one attached hydrogen (secondary N) is 1. The van der Waals surface area contributed by atoms with Crippen LogP contribution in [0.3, 0.4) is 0 Å². The van der Waals surface area contributed by atoms with Gasteiger partial charge in [-0.05, 0) is 72.8 Å². The largest absolute Gasteiger partial charge is 0.366 e. The number of aromatic nitrogens is 2. The van der Waals surface area contributed by atoms with Crippen LogP contribution in [0.2, 0.25) is 0 Å². The Morgan fingerprint density at radius 1 is 1.05 bits per heavy atom. The second-order valence-electron chi connectivity index (χ2n) is 9.27. The molecule has 210 valence electrons. The van der Waals surface area contributed by atoms with Crippen molar-refractivity contribution in [3.8, 4) is 10.4 Å². The molecule has 0 bridgehead atoms. The Morgan fingerprint density at radius 3 is 2.56 bits per heavy atom. The van der Waals surface area contributed by atoms with E-state index in [-0.39, 0.29) is 18.5 Å². The lowest BCUT2D eigenvalue weighted by Crippen LogP contribution is -2.26. The van der Waals surface area contributed by atoms with Crippen molar-refractivity contribution in [2.75, 3.05) is 36.9 Å². The molecular weight excluding hydrogens is 555 g/mol. The van der Waals surface area contributed by atoms with Crippen molar-refractivity contribution in [3.63, 3.8) is 0 Å². The van der Waals surface area contributed by atoms with E-state index in [1.165, 1.54) is 16.2 Å². The first-order valence-corrected chi connectivity index (χ1v) is 15.2. The molecule has 0 saturated heterocycles. The van der Waals surface area contributed by atoms with Gasteiger partial charge < -0.3 is 19.9 Å². The van der Waals surface area contributed by atoms with Crippen LogP contribution in [-0.2, 0) is 11.3 Å². The summed E-state index contributed by atoms with van der Waals surface area (Å²) in [5, 5.41) is 3.01. The molecule has 0 aliphatic rings. The number of carbonyl (C=O) groups excluding carboxylic acids is 2. The van der Waals surface area contributed by atoms with Crippen molar-refractivity contribution >= 4 is 57.6 Å². The number of amides is 2. The van der Waals surface area contributed by atoms with Gasteiger partial charge in [0.15, 0.2) is 0 Å². The van der Waals surface area contributed by atoms with Crippen LogP contribution in [0.15, 0.2) is 89.8 Å². The monoisotopic (exact) mass is 585 g/mol. The zero-order valence-corrected chi connectivity index (χ0v) is 24.5. The first kappa shape index (κ1) is 28.6. The molecule has 8 nitrogen and oxygen atoms in total. The summed E-state index contributed by atoms with van der Waals surface area (Å²) in [5.41, 5.74) is 9.37. The number of imidazole rings is 1. The Balaban J connectivity index is 1.40. The lowest BCUT2D eigenvalue weighted by atomic mass is 10.2. The van der Waals surface area contributed by atoms with Crippen LogP contribution in [-0.4, -0.2) is 48.0 Å². The maximum atomic E-state index is 13.3. The highest BCUT2D eigenvalue weighted by atomic mass is 32.2. The highest BCUT2D eigenvalue weighted by molar-refractivity contribution is 7.98. The van der Waals surface area contributed by atoms with Crippen molar-refractivity contribution in [1.29, 1.82) is 0 Å². The van der Waals surface area contributed by atoms with E-state index in [0.717, 1.165) is 16.0 Å². The third-order valence-electron chi connectivity index (χ3n) is 6.66. The van der Waals surface area contributed by atoms with E-state index >= 15 is 0 Å². The van der Waals surface area contributed by atoms with Crippen LogP contribution < -0.4 is 16.0 Å². The van der Waals surface area contributed by atoms with Crippen LogP contribution in [0.1, 0.15) is 26.5 Å². The predicted molar refractivity (Wildman–Crippen MR) is 168 cm³/mol. The molecule has 3 aromatic carbocycles. The molecule has 0 aliphatic carbocycles. The minimum Gasteiger partial charge on any atom is -0.366 e. The van der Waals surface area contributed by atoms with Gasteiger partial charge in [0.25, 0.3) is 11.8 Å². The molecule has 0 atom stereocenters. The van der Waals surface area contributed by atoms with Crippen molar-refractivity contribution in [2.45, 2.75) is 17.9 Å². The van der Waals surface area contributed by atoms with Gasteiger partial charge in [-0.25, -0.2) is 4.98 Å². The summed E-state index contributed by atoms with van der Waals surface area (Å²) in [6.45, 7) is 1.21. The quantitative estimate of drug-likeness (QED) is 0.107. The summed E-state index contributed by atoms with van der Waals surface area (Å²) >= 11 is 3.13. The number of rotatable bonds is 11. The highest BCUT2D eigenvalue weighted by Crippen LogP contribution is 2.31. The topological polar surface area (TPSA) is 102 Å². The van der Waals surface area contributed by atoms with Crippen molar-refractivity contribution in [1.82, 2.24) is 9.55 Å². The van der Waals surface area contributed by atoms with Gasteiger partial charge in [0.05, 0.1) is 29.2 Å². The predicted octanol–water partition coefficient (Wildman–Crippen LogP) is 6.34. The van der Waals surface area contributed by atoms with Crippen LogP contribution >= 0.6 is 23.1 Å². The van der Waals surface area contributed by atoms with Crippen LogP contribution in [0.25, 0.3) is 21.5 Å². The van der Waals surface area contributed by atoms with E-state index < -0.39 is 0 Å². The molecule has 0 spiro atoms. The van der Waals surface area contributed by atoms with E-state index in [1.807, 2.05) is 59.4 Å². The molecule has 2 aromatic heterocycles. The first-order chi connectivity index (χ1) is 20.0. The summed E-state index contributed by atoms with van der Waals surface area (Å²) in [5.74, 6) is 0.0907. The van der Waals surface area contributed by atoms with Gasteiger partial charge in [0, 0.05) is 34.6 Å². The summed E-state index contributed by atoms with van der Waals surface area (Å²) in [6.07, 6.45) is 2.74.